The zero-order chi connectivity index (χ0) is 13.9. The number of Topliss-reactive ketones (excluding diaryl/α,β-unsaturated/α-hetero) is 1. The number of hydrogen-bond acceptors (Lipinski definition) is 2. The number of benzene rings is 1. The molecule has 0 radical (unpaired) electrons. The number of para-hydroxylation sites is 1. The van der Waals surface area contributed by atoms with Gasteiger partial charge in [-0.3, -0.25) is 9.78 Å². The van der Waals surface area contributed by atoms with Crippen LogP contribution in [0.15, 0.2) is 36.5 Å². The molecule has 3 rings (SSSR count). The van der Waals surface area contributed by atoms with E-state index in [9.17, 15) is 4.79 Å². The number of fused-ring (bicyclic) bond motifs is 1. The fourth-order valence-corrected chi connectivity index (χ4v) is 3.37. The Morgan fingerprint density at radius 1 is 1.25 bits per heavy atom. The fourth-order valence-electron chi connectivity index (χ4n) is 3.37. The number of ketones is 1. The van der Waals surface area contributed by atoms with Crippen molar-refractivity contribution < 1.29 is 4.79 Å². The van der Waals surface area contributed by atoms with Gasteiger partial charge in [-0.1, -0.05) is 38.0 Å². The van der Waals surface area contributed by atoms with Gasteiger partial charge in [0.15, 0.2) is 0 Å². The number of hydrogen-bond donors (Lipinski definition) is 0. The van der Waals surface area contributed by atoms with Crippen molar-refractivity contribution in [1.82, 2.24) is 4.98 Å². The van der Waals surface area contributed by atoms with Crippen LogP contribution in [-0.2, 0) is 11.2 Å². The molecule has 20 heavy (non-hydrogen) atoms. The molecule has 0 bridgehead atoms. The van der Waals surface area contributed by atoms with Crippen LogP contribution in [-0.4, -0.2) is 10.8 Å². The zero-order valence-corrected chi connectivity index (χ0v) is 12.0. The third-order valence-corrected chi connectivity index (χ3v) is 4.50. The molecule has 0 amide bonds. The smallest absolute Gasteiger partial charge is 0.140 e. The molecule has 0 N–H and O–H groups in total. The molecule has 2 nitrogen and oxygen atoms in total. The normalized spacial score (nSPS) is 22.9. The van der Waals surface area contributed by atoms with Crippen LogP contribution in [0.25, 0.3) is 10.9 Å². The Labute approximate surface area is 120 Å². The highest BCUT2D eigenvalue weighted by Crippen LogP contribution is 2.30. The second-order valence-electron chi connectivity index (χ2n) is 6.10. The minimum Gasteiger partial charge on any atom is -0.299 e. The topological polar surface area (TPSA) is 30.0 Å². The molecule has 1 aliphatic carbocycles. The Hall–Kier alpha value is -1.70. The molecule has 1 fully saturated rings. The number of aromatic nitrogens is 1. The standard InChI is InChI=1S/C18H21NO/c1-13-5-4-6-15(11-13)18(20)12-14-9-10-19-17-8-3-2-7-16(14)17/h2-3,7-10,13,15H,4-6,11-12H2,1H3. The summed E-state index contributed by atoms with van der Waals surface area (Å²) in [5, 5.41) is 1.12. The Balaban J connectivity index is 1.80. The van der Waals surface area contributed by atoms with E-state index in [1.54, 1.807) is 0 Å². The predicted octanol–water partition coefficient (Wildman–Crippen LogP) is 4.17. The molecule has 1 heterocycles. The Kier molecular flexibility index (Phi) is 3.81. The van der Waals surface area contributed by atoms with Crippen molar-refractivity contribution in [1.29, 1.82) is 0 Å². The van der Waals surface area contributed by atoms with Gasteiger partial charge in [-0.05, 0) is 36.5 Å². The van der Waals surface area contributed by atoms with Gasteiger partial charge in [0, 0.05) is 23.9 Å². The molecular formula is C18H21NO. The molecule has 2 heteroatoms. The summed E-state index contributed by atoms with van der Waals surface area (Å²) in [6, 6.07) is 10.1. The summed E-state index contributed by atoms with van der Waals surface area (Å²) in [5.41, 5.74) is 2.11. The van der Waals surface area contributed by atoms with Crippen LogP contribution in [0.2, 0.25) is 0 Å². The summed E-state index contributed by atoms with van der Waals surface area (Å²) in [6.45, 7) is 2.27. The number of nitrogens with zero attached hydrogens (tertiary/aromatic N) is 1. The first-order valence-corrected chi connectivity index (χ1v) is 7.59. The number of carbonyl (C=O) groups is 1. The van der Waals surface area contributed by atoms with Crippen LogP contribution < -0.4 is 0 Å². The molecule has 2 unspecified atom stereocenters. The van der Waals surface area contributed by atoms with Gasteiger partial charge in [0.25, 0.3) is 0 Å². The molecule has 0 spiro atoms. The minimum atomic E-state index is 0.269. The first-order chi connectivity index (χ1) is 9.74. The van der Waals surface area contributed by atoms with Gasteiger partial charge < -0.3 is 0 Å². The van der Waals surface area contributed by atoms with Crippen molar-refractivity contribution in [3.8, 4) is 0 Å². The van der Waals surface area contributed by atoms with E-state index in [-0.39, 0.29) is 5.92 Å². The van der Waals surface area contributed by atoms with Crippen LogP contribution >= 0.6 is 0 Å². The Bertz CT molecular complexity index is 614. The van der Waals surface area contributed by atoms with Crippen molar-refractivity contribution in [2.45, 2.75) is 39.0 Å². The van der Waals surface area contributed by atoms with Crippen molar-refractivity contribution in [3.63, 3.8) is 0 Å². The van der Waals surface area contributed by atoms with Gasteiger partial charge in [-0.25, -0.2) is 0 Å². The van der Waals surface area contributed by atoms with Crippen LogP contribution in [0.4, 0.5) is 0 Å². The molecule has 0 saturated heterocycles. The lowest BCUT2D eigenvalue weighted by Crippen LogP contribution is -2.23. The SMILES string of the molecule is CC1CCCC(C(=O)Cc2ccnc3ccccc23)C1. The minimum absolute atomic E-state index is 0.269. The molecule has 0 aliphatic heterocycles. The van der Waals surface area contributed by atoms with Crippen LogP contribution in [0.3, 0.4) is 0 Å². The average Bonchev–Trinajstić information content (AvgIpc) is 2.47. The first kappa shape index (κ1) is 13.3. The summed E-state index contributed by atoms with van der Waals surface area (Å²) in [7, 11) is 0. The van der Waals surface area contributed by atoms with Crippen molar-refractivity contribution >= 4 is 16.7 Å². The van der Waals surface area contributed by atoms with Gasteiger partial charge in [0.2, 0.25) is 0 Å². The van der Waals surface area contributed by atoms with Crippen LogP contribution in [0.5, 0.6) is 0 Å². The average molecular weight is 267 g/mol. The molecule has 1 saturated carbocycles. The van der Waals surface area contributed by atoms with E-state index >= 15 is 0 Å². The van der Waals surface area contributed by atoms with E-state index in [1.807, 2.05) is 30.5 Å². The second-order valence-corrected chi connectivity index (χ2v) is 6.10. The monoisotopic (exact) mass is 267 g/mol. The third kappa shape index (κ3) is 2.74. The fraction of sp³-hybridized carbons (Fsp3) is 0.444. The lowest BCUT2D eigenvalue weighted by Gasteiger charge is -2.25. The molecular weight excluding hydrogens is 246 g/mol. The first-order valence-electron chi connectivity index (χ1n) is 7.59. The van der Waals surface area contributed by atoms with Gasteiger partial charge in [-0.15, -0.1) is 0 Å². The quantitative estimate of drug-likeness (QED) is 0.835. The predicted molar refractivity (Wildman–Crippen MR) is 81.6 cm³/mol. The van der Waals surface area contributed by atoms with E-state index < -0.39 is 0 Å². The largest absolute Gasteiger partial charge is 0.299 e. The Morgan fingerprint density at radius 3 is 2.95 bits per heavy atom. The lowest BCUT2D eigenvalue weighted by atomic mass is 9.79. The lowest BCUT2D eigenvalue weighted by molar-refractivity contribution is -0.123. The molecule has 2 atom stereocenters. The van der Waals surface area contributed by atoms with E-state index in [0.29, 0.717) is 18.1 Å². The van der Waals surface area contributed by atoms with E-state index in [4.69, 9.17) is 0 Å². The summed E-state index contributed by atoms with van der Waals surface area (Å²) in [5.74, 6) is 1.38. The third-order valence-electron chi connectivity index (χ3n) is 4.50. The second kappa shape index (κ2) is 5.74. The van der Waals surface area contributed by atoms with Gasteiger partial charge in [0.05, 0.1) is 5.52 Å². The van der Waals surface area contributed by atoms with Crippen LogP contribution in [0.1, 0.15) is 38.2 Å². The van der Waals surface area contributed by atoms with Gasteiger partial charge >= 0.3 is 0 Å². The van der Waals surface area contributed by atoms with Gasteiger partial charge in [0.1, 0.15) is 5.78 Å². The van der Waals surface area contributed by atoms with E-state index in [2.05, 4.69) is 18.0 Å². The van der Waals surface area contributed by atoms with E-state index in [1.165, 1.54) is 12.8 Å². The van der Waals surface area contributed by atoms with Gasteiger partial charge in [-0.2, -0.15) is 0 Å². The highest BCUT2D eigenvalue weighted by atomic mass is 16.1. The summed E-state index contributed by atoms with van der Waals surface area (Å²) >= 11 is 0. The summed E-state index contributed by atoms with van der Waals surface area (Å²) < 4.78 is 0. The molecule has 1 aromatic carbocycles. The molecule has 104 valence electrons. The van der Waals surface area contributed by atoms with Crippen molar-refractivity contribution in [2.24, 2.45) is 11.8 Å². The maximum absolute atomic E-state index is 12.5. The highest BCUT2D eigenvalue weighted by Gasteiger charge is 2.25. The van der Waals surface area contributed by atoms with Crippen LogP contribution in [0, 0.1) is 11.8 Å². The zero-order valence-electron chi connectivity index (χ0n) is 12.0. The highest BCUT2D eigenvalue weighted by molar-refractivity contribution is 5.90. The maximum atomic E-state index is 12.5. The molecule has 2 aromatic rings. The van der Waals surface area contributed by atoms with Crippen molar-refractivity contribution in [3.05, 3.63) is 42.1 Å². The van der Waals surface area contributed by atoms with E-state index in [0.717, 1.165) is 29.3 Å². The number of rotatable bonds is 3. The maximum Gasteiger partial charge on any atom is 0.140 e. The van der Waals surface area contributed by atoms with Crippen molar-refractivity contribution in [2.75, 3.05) is 0 Å². The molecule has 1 aromatic heterocycles. The summed E-state index contributed by atoms with van der Waals surface area (Å²) in [6.07, 6.45) is 7.00. The summed E-state index contributed by atoms with van der Waals surface area (Å²) in [4.78, 5) is 16.9. The number of pyridine rings is 1. The Morgan fingerprint density at radius 2 is 2.10 bits per heavy atom. The number of carbonyl (C=O) groups excluding carboxylic acids is 1. The molecule has 1 aliphatic rings.